The Morgan fingerprint density at radius 2 is 2.23 bits per heavy atom. The molecule has 0 aliphatic rings. The summed E-state index contributed by atoms with van der Waals surface area (Å²) in [6, 6.07) is 1.68. The van der Waals surface area contributed by atoms with E-state index in [4.69, 9.17) is 0 Å². The number of carbonyl (C=O) groups excluding carboxylic acids is 2. The van der Waals surface area contributed by atoms with E-state index < -0.39 is 0 Å². The SMILES string of the molecule is COC(=O)c1ccsc1CC(C)=O. The number of esters is 1. The Kier molecular flexibility index (Phi) is 3.19. The van der Waals surface area contributed by atoms with Crippen molar-refractivity contribution in [2.75, 3.05) is 7.11 Å². The van der Waals surface area contributed by atoms with Crippen LogP contribution in [-0.4, -0.2) is 18.9 Å². The molecule has 0 aliphatic heterocycles. The Morgan fingerprint density at radius 1 is 1.54 bits per heavy atom. The molecule has 3 nitrogen and oxygen atoms in total. The van der Waals surface area contributed by atoms with Gasteiger partial charge in [-0.15, -0.1) is 11.3 Å². The van der Waals surface area contributed by atoms with Crippen molar-refractivity contribution in [3.05, 3.63) is 21.9 Å². The molecule has 0 spiro atoms. The molecule has 0 amide bonds. The number of hydrogen-bond donors (Lipinski definition) is 0. The molecule has 70 valence electrons. The van der Waals surface area contributed by atoms with E-state index in [9.17, 15) is 9.59 Å². The van der Waals surface area contributed by atoms with Gasteiger partial charge in [-0.1, -0.05) is 0 Å². The molecule has 0 fully saturated rings. The summed E-state index contributed by atoms with van der Waals surface area (Å²) in [5, 5.41) is 1.78. The number of thiophene rings is 1. The van der Waals surface area contributed by atoms with E-state index in [0.717, 1.165) is 4.88 Å². The maximum Gasteiger partial charge on any atom is 0.338 e. The fraction of sp³-hybridized carbons (Fsp3) is 0.333. The van der Waals surface area contributed by atoms with Crippen molar-refractivity contribution >= 4 is 23.1 Å². The second kappa shape index (κ2) is 4.18. The fourth-order valence-corrected chi connectivity index (χ4v) is 1.93. The predicted molar refractivity (Wildman–Crippen MR) is 50.0 cm³/mol. The molecule has 13 heavy (non-hydrogen) atoms. The third-order valence-electron chi connectivity index (χ3n) is 1.56. The largest absolute Gasteiger partial charge is 0.465 e. The van der Waals surface area contributed by atoms with Crippen LogP contribution in [0, 0.1) is 0 Å². The van der Waals surface area contributed by atoms with Gasteiger partial charge in [-0.3, -0.25) is 4.79 Å². The Hall–Kier alpha value is -1.16. The van der Waals surface area contributed by atoms with Crippen LogP contribution in [0.1, 0.15) is 22.2 Å². The van der Waals surface area contributed by atoms with Crippen molar-refractivity contribution in [3.63, 3.8) is 0 Å². The summed E-state index contributed by atoms with van der Waals surface area (Å²) < 4.78 is 4.57. The van der Waals surface area contributed by atoms with Crippen LogP contribution in [0.4, 0.5) is 0 Å². The molecule has 0 N–H and O–H groups in total. The molecule has 0 radical (unpaired) electrons. The van der Waals surface area contributed by atoms with E-state index in [1.165, 1.54) is 25.4 Å². The normalized spacial score (nSPS) is 9.69. The summed E-state index contributed by atoms with van der Waals surface area (Å²) >= 11 is 1.40. The van der Waals surface area contributed by atoms with E-state index in [2.05, 4.69) is 4.74 Å². The molecule has 0 aliphatic carbocycles. The topological polar surface area (TPSA) is 43.4 Å². The van der Waals surface area contributed by atoms with Gasteiger partial charge in [-0.05, 0) is 18.4 Å². The van der Waals surface area contributed by atoms with Gasteiger partial charge in [0.05, 0.1) is 12.7 Å². The van der Waals surface area contributed by atoms with E-state index in [-0.39, 0.29) is 11.8 Å². The zero-order valence-corrected chi connectivity index (χ0v) is 8.31. The standard InChI is InChI=1S/C9H10O3S/c1-6(10)5-8-7(3-4-13-8)9(11)12-2/h3-4H,5H2,1-2H3. The molecule has 1 rings (SSSR count). The van der Waals surface area contributed by atoms with Crippen LogP contribution >= 0.6 is 11.3 Å². The molecule has 4 heteroatoms. The highest BCUT2D eigenvalue weighted by Crippen LogP contribution is 2.18. The number of rotatable bonds is 3. The predicted octanol–water partition coefficient (Wildman–Crippen LogP) is 1.67. The van der Waals surface area contributed by atoms with Crippen LogP contribution in [0.5, 0.6) is 0 Å². The van der Waals surface area contributed by atoms with Gasteiger partial charge < -0.3 is 4.74 Å². The van der Waals surface area contributed by atoms with Crippen LogP contribution < -0.4 is 0 Å². The highest BCUT2D eigenvalue weighted by atomic mass is 32.1. The number of Topliss-reactive ketones (excluding diaryl/α,β-unsaturated/α-hetero) is 1. The second-order valence-corrected chi connectivity index (χ2v) is 3.63. The molecule has 0 aromatic carbocycles. The van der Waals surface area contributed by atoms with Crippen LogP contribution in [0.3, 0.4) is 0 Å². The van der Waals surface area contributed by atoms with Crippen LogP contribution in [0.25, 0.3) is 0 Å². The number of carbonyl (C=O) groups is 2. The smallest absolute Gasteiger partial charge is 0.338 e. The van der Waals surface area contributed by atoms with E-state index in [0.29, 0.717) is 12.0 Å². The summed E-state index contributed by atoms with van der Waals surface area (Å²) in [4.78, 5) is 22.8. The van der Waals surface area contributed by atoms with Gasteiger partial charge in [-0.25, -0.2) is 4.79 Å². The third-order valence-corrected chi connectivity index (χ3v) is 2.48. The number of hydrogen-bond acceptors (Lipinski definition) is 4. The minimum absolute atomic E-state index is 0.0487. The molecule has 1 aromatic rings. The summed E-state index contributed by atoms with van der Waals surface area (Å²) in [6.07, 6.45) is 0.308. The van der Waals surface area contributed by atoms with E-state index in [1.54, 1.807) is 11.4 Å². The van der Waals surface area contributed by atoms with Crippen molar-refractivity contribution in [2.24, 2.45) is 0 Å². The first kappa shape index (κ1) is 9.92. The zero-order chi connectivity index (χ0) is 9.84. The van der Waals surface area contributed by atoms with Crippen LogP contribution in [0.15, 0.2) is 11.4 Å². The maximum atomic E-state index is 11.2. The number of ketones is 1. The van der Waals surface area contributed by atoms with Gasteiger partial charge >= 0.3 is 5.97 Å². The summed E-state index contributed by atoms with van der Waals surface area (Å²) in [6.45, 7) is 1.50. The van der Waals surface area contributed by atoms with Crippen molar-refractivity contribution in [1.29, 1.82) is 0 Å². The molecule has 0 saturated carbocycles. The lowest BCUT2D eigenvalue weighted by molar-refractivity contribution is -0.116. The molecule has 0 bridgehead atoms. The van der Waals surface area contributed by atoms with Crippen LogP contribution in [-0.2, 0) is 16.0 Å². The molecular weight excluding hydrogens is 188 g/mol. The second-order valence-electron chi connectivity index (χ2n) is 2.63. The fourth-order valence-electron chi connectivity index (χ4n) is 0.995. The molecule has 0 atom stereocenters. The van der Waals surface area contributed by atoms with Crippen molar-refractivity contribution in [3.8, 4) is 0 Å². The average molecular weight is 198 g/mol. The minimum Gasteiger partial charge on any atom is -0.465 e. The number of methoxy groups -OCH3 is 1. The molecular formula is C9H10O3S. The van der Waals surface area contributed by atoms with Gasteiger partial charge in [0.1, 0.15) is 5.78 Å². The van der Waals surface area contributed by atoms with Gasteiger partial charge in [0, 0.05) is 11.3 Å². The maximum absolute atomic E-state index is 11.2. The zero-order valence-electron chi connectivity index (χ0n) is 7.49. The van der Waals surface area contributed by atoms with Crippen molar-refractivity contribution in [2.45, 2.75) is 13.3 Å². The van der Waals surface area contributed by atoms with E-state index >= 15 is 0 Å². The van der Waals surface area contributed by atoms with Crippen LogP contribution in [0.2, 0.25) is 0 Å². The Labute approximate surface area is 80.3 Å². The lowest BCUT2D eigenvalue weighted by Gasteiger charge is -1.98. The lowest BCUT2D eigenvalue weighted by Crippen LogP contribution is -2.05. The average Bonchev–Trinajstić information content (AvgIpc) is 2.50. The summed E-state index contributed by atoms with van der Waals surface area (Å²) in [5.41, 5.74) is 0.503. The monoisotopic (exact) mass is 198 g/mol. The Balaban J connectivity index is 2.89. The Morgan fingerprint density at radius 3 is 2.77 bits per heavy atom. The Bertz CT molecular complexity index is 327. The molecule has 0 saturated heterocycles. The highest BCUT2D eigenvalue weighted by Gasteiger charge is 2.13. The third kappa shape index (κ3) is 2.39. The summed E-state index contributed by atoms with van der Waals surface area (Å²) in [5.74, 6) is -0.329. The summed E-state index contributed by atoms with van der Waals surface area (Å²) in [7, 11) is 1.33. The highest BCUT2D eigenvalue weighted by molar-refractivity contribution is 7.10. The lowest BCUT2D eigenvalue weighted by atomic mass is 10.2. The van der Waals surface area contributed by atoms with Gasteiger partial charge in [-0.2, -0.15) is 0 Å². The molecule has 0 unspecified atom stereocenters. The number of ether oxygens (including phenoxy) is 1. The first-order valence-corrected chi connectivity index (χ1v) is 4.67. The van der Waals surface area contributed by atoms with E-state index in [1.807, 2.05) is 0 Å². The molecule has 1 aromatic heterocycles. The minimum atomic E-state index is -0.377. The van der Waals surface area contributed by atoms with Gasteiger partial charge in [0.2, 0.25) is 0 Å². The quantitative estimate of drug-likeness (QED) is 0.694. The van der Waals surface area contributed by atoms with Gasteiger partial charge in [0.15, 0.2) is 0 Å². The first-order valence-electron chi connectivity index (χ1n) is 3.79. The molecule has 1 heterocycles. The van der Waals surface area contributed by atoms with Crippen molar-refractivity contribution in [1.82, 2.24) is 0 Å². The van der Waals surface area contributed by atoms with Crippen molar-refractivity contribution < 1.29 is 14.3 Å². The van der Waals surface area contributed by atoms with Gasteiger partial charge in [0.25, 0.3) is 0 Å². The first-order chi connectivity index (χ1) is 6.15.